The fraction of sp³-hybridized carbons (Fsp3) is 0.167. The van der Waals surface area contributed by atoms with E-state index in [2.05, 4.69) is 27.7 Å². The van der Waals surface area contributed by atoms with Gasteiger partial charge in [-0.1, -0.05) is 0 Å². The molecule has 0 saturated carbocycles. The number of aromatic nitrogens is 2. The van der Waals surface area contributed by atoms with E-state index in [1.54, 1.807) is 18.2 Å². The summed E-state index contributed by atoms with van der Waals surface area (Å²) in [6, 6.07) is 5.98. The lowest BCUT2D eigenvalue weighted by atomic mass is 10.2. The van der Waals surface area contributed by atoms with Crippen molar-refractivity contribution in [3.05, 3.63) is 39.2 Å². The number of fused-ring (bicyclic) bond motifs is 3. The summed E-state index contributed by atoms with van der Waals surface area (Å²) in [5.74, 6) is -3.83. The number of halogens is 3. The average molecular weight is 391 g/mol. The molecule has 0 unspecified atom stereocenters. The van der Waals surface area contributed by atoms with E-state index in [-0.39, 0.29) is 11.4 Å². The van der Waals surface area contributed by atoms with Crippen LogP contribution in [0, 0.1) is 3.57 Å². The summed E-state index contributed by atoms with van der Waals surface area (Å²) in [6.07, 6.45) is 0. The van der Waals surface area contributed by atoms with Gasteiger partial charge in [0, 0.05) is 3.57 Å². The van der Waals surface area contributed by atoms with Crippen molar-refractivity contribution in [1.29, 1.82) is 0 Å². The van der Waals surface area contributed by atoms with Crippen LogP contribution in [0.15, 0.2) is 24.3 Å². The first-order valence-corrected chi connectivity index (χ1v) is 6.67. The molecule has 2 heterocycles. The van der Waals surface area contributed by atoms with Gasteiger partial charge < -0.3 is 10.5 Å². The van der Waals surface area contributed by atoms with Crippen LogP contribution in [0.2, 0.25) is 0 Å². The van der Waals surface area contributed by atoms with Crippen LogP contribution in [-0.2, 0) is 5.92 Å². The monoisotopic (exact) mass is 391 g/mol. The molecule has 1 aromatic heterocycles. The van der Waals surface area contributed by atoms with E-state index in [0.29, 0.717) is 5.69 Å². The Morgan fingerprint density at radius 2 is 2.20 bits per heavy atom. The van der Waals surface area contributed by atoms with Crippen LogP contribution < -0.4 is 10.5 Å². The predicted molar refractivity (Wildman–Crippen MR) is 74.2 cm³/mol. The number of ether oxygens (including phenoxy) is 1. The number of benzene rings is 1. The van der Waals surface area contributed by atoms with Gasteiger partial charge in [-0.25, -0.2) is 4.68 Å². The van der Waals surface area contributed by atoms with Gasteiger partial charge in [0.1, 0.15) is 17.1 Å². The van der Waals surface area contributed by atoms with Crippen molar-refractivity contribution in [3.63, 3.8) is 0 Å². The van der Waals surface area contributed by atoms with Gasteiger partial charge in [0.05, 0.1) is 0 Å². The molecular formula is C12H8F2IN3O2. The zero-order chi connectivity index (χ0) is 14.5. The molecule has 1 aliphatic heterocycles. The molecule has 0 fully saturated rings. The normalized spacial score (nSPS) is 15.8. The van der Waals surface area contributed by atoms with Crippen LogP contribution in [-0.4, -0.2) is 22.3 Å². The van der Waals surface area contributed by atoms with Gasteiger partial charge in [-0.2, -0.15) is 13.9 Å². The van der Waals surface area contributed by atoms with E-state index >= 15 is 0 Å². The number of nitrogens with zero attached hydrogens (tertiary/aromatic N) is 2. The summed E-state index contributed by atoms with van der Waals surface area (Å²) in [6.45, 7) is -0.815. The largest absolute Gasteiger partial charge is 0.485 e. The van der Waals surface area contributed by atoms with E-state index in [4.69, 9.17) is 10.5 Å². The standard InChI is InChI=1S/C12H8F2IN3O2/c13-12(14)5-20-9-2-1-6(15)3-8(9)18-10(12)4-7(17-18)11(16)19/h1-4H,5H2,(H2,16,19). The Hall–Kier alpha value is -1.71. The number of primary amides is 1. The number of rotatable bonds is 1. The second-order valence-corrected chi connectivity index (χ2v) is 5.54. The Morgan fingerprint density at radius 1 is 1.45 bits per heavy atom. The second kappa shape index (κ2) is 4.40. The number of hydrogen-bond donors (Lipinski definition) is 1. The maximum Gasteiger partial charge on any atom is 0.323 e. The molecule has 0 atom stereocenters. The van der Waals surface area contributed by atoms with Crippen molar-refractivity contribution in [2.24, 2.45) is 5.73 Å². The molecule has 3 rings (SSSR count). The first-order chi connectivity index (χ1) is 9.38. The van der Waals surface area contributed by atoms with Crippen LogP contribution in [0.3, 0.4) is 0 Å². The van der Waals surface area contributed by atoms with Crippen molar-refractivity contribution in [3.8, 4) is 11.4 Å². The number of nitrogens with two attached hydrogens (primary N) is 1. The third kappa shape index (κ3) is 2.03. The van der Waals surface area contributed by atoms with E-state index in [1.807, 2.05) is 0 Å². The van der Waals surface area contributed by atoms with Gasteiger partial charge in [0.2, 0.25) is 0 Å². The highest BCUT2D eigenvalue weighted by atomic mass is 127. The fourth-order valence-electron chi connectivity index (χ4n) is 1.97. The molecule has 104 valence electrons. The number of amides is 1. The van der Waals surface area contributed by atoms with Crippen molar-refractivity contribution in [2.75, 3.05) is 6.61 Å². The van der Waals surface area contributed by atoms with Crippen LogP contribution in [0.5, 0.6) is 5.75 Å². The lowest BCUT2D eigenvalue weighted by Crippen LogP contribution is -2.23. The Labute approximate surface area is 125 Å². The smallest absolute Gasteiger partial charge is 0.323 e. The number of carbonyl (C=O) groups is 1. The van der Waals surface area contributed by atoms with Gasteiger partial charge in [-0.05, 0) is 46.9 Å². The van der Waals surface area contributed by atoms with Gasteiger partial charge in [-0.15, -0.1) is 0 Å². The summed E-state index contributed by atoms with van der Waals surface area (Å²) in [4.78, 5) is 11.2. The summed E-state index contributed by atoms with van der Waals surface area (Å²) in [5.41, 5.74) is 4.86. The number of hydrogen-bond acceptors (Lipinski definition) is 3. The molecule has 0 spiro atoms. The lowest BCUT2D eigenvalue weighted by molar-refractivity contribution is -0.0487. The molecule has 0 bridgehead atoms. The maximum absolute atomic E-state index is 14.1. The fourth-order valence-corrected chi connectivity index (χ4v) is 2.44. The highest BCUT2D eigenvalue weighted by molar-refractivity contribution is 14.1. The van der Waals surface area contributed by atoms with Gasteiger partial charge in [-0.3, -0.25) is 4.79 Å². The molecule has 20 heavy (non-hydrogen) atoms. The zero-order valence-electron chi connectivity index (χ0n) is 9.94. The summed E-state index contributed by atoms with van der Waals surface area (Å²) in [7, 11) is 0. The quantitative estimate of drug-likeness (QED) is 0.757. The zero-order valence-corrected chi connectivity index (χ0v) is 12.1. The molecule has 1 amide bonds. The van der Waals surface area contributed by atoms with Crippen LogP contribution >= 0.6 is 22.6 Å². The summed E-state index contributed by atoms with van der Waals surface area (Å²) < 4.78 is 35.1. The minimum atomic E-state index is -3.26. The first-order valence-electron chi connectivity index (χ1n) is 5.59. The minimum absolute atomic E-state index is 0.202. The van der Waals surface area contributed by atoms with Gasteiger partial charge in [0.15, 0.2) is 12.3 Å². The van der Waals surface area contributed by atoms with Crippen LogP contribution in [0.4, 0.5) is 8.78 Å². The van der Waals surface area contributed by atoms with E-state index < -0.39 is 24.1 Å². The van der Waals surface area contributed by atoms with Gasteiger partial charge >= 0.3 is 5.92 Å². The number of alkyl halides is 2. The summed E-state index contributed by atoms with van der Waals surface area (Å²) in [5, 5.41) is 3.87. The Morgan fingerprint density at radius 3 is 2.90 bits per heavy atom. The first kappa shape index (κ1) is 13.3. The van der Waals surface area contributed by atoms with Crippen LogP contribution in [0.25, 0.3) is 5.69 Å². The molecule has 2 aromatic rings. The maximum atomic E-state index is 14.1. The molecule has 2 N–H and O–H groups in total. The van der Waals surface area contributed by atoms with Gasteiger partial charge in [0.25, 0.3) is 5.91 Å². The molecule has 0 radical (unpaired) electrons. The predicted octanol–water partition coefficient (Wildman–Crippen LogP) is 2.06. The molecule has 0 aliphatic carbocycles. The minimum Gasteiger partial charge on any atom is -0.485 e. The average Bonchev–Trinajstić information content (AvgIpc) is 2.79. The van der Waals surface area contributed by atoms with E-state index in [1.165, 1.54) is 0 Å². The molecular weight excluding hydrogens is 383 g/mol. The summed E-state index contributed by atoms with van der Waals surface area (Å²) >= 11 is 2.05. The van der Waals surface area contributed by atoms with Crippen molar-refractivity contribution < 1.29 is 18.3 Å². The Kier molecular flexibility index (Phi) is 2.92. The van der Waals surface area contributed by atoms with Crippen LogP contribution in [0.1, 0.15) is 16.2 Å². The molecule has 0 saturated heterocycles. The second-order valence-electron chi connectivity index (χ2n) is 4.30. The highest BCUT2D eigenvalue weighted by Crippen LogP contribution is 2.37. The molecule has 5 nitrogen and oxygen atoms in total. The SMILES string of the molecule is NC(=O)c1cc2n(n1)-c1cc(I)ccc1OCC2(F)F. The Balaban J connectivity index is 2.30. The van der Waals surface area contributed by atoms with Crippen molar-refractivity contribution in [1.82, 2.24) is 9.78 Å². The third-order valence-electron chi connectivity index (χ3n) is 2.89. The van der Waals surface area contributed by atoms with Crippen molar-refractivity contribution in [2.45, 2.75) is 5.92 Å². The topological polar surface area (TPSA) is 70.1 Å². The third-order valence-corrected chi connectivity index (χ3v) is 3.57. The lowest BCUT2D eigenvalue weighted by Gasteiger charge is -2.12. The van der Waals surface area contributed by atoms with E-state index in [0.717, 1.165) is 14.3 Å². The van der Waals surface area contributed by atoms with E-state index in [9.17, 15) is 13.6 Å². The molecule has 1 aromatic carbocycles. The van der Waals surface area contributed by atoms with Crippen molar-refractivity contribution >= 4 is 28.5 Å². The highest BCUT2D eigenvalue weighted by Gasteiger charge is 2.41. The molecule has 1 aliphatic rings. The number of carbonyl (C=O) groups excluding carboxylic acids is 1. The molecule has 8 heteroatoms. The Bertz CT molecular complexity index is 715.